The van der Waals surface area contributed by atoms with Crippen molar-refractivity contribution in [3.8, 4) is 0 Å². The molecule has 102 valence electrons. The Morgan fingerprint density at radius 2 is 2.06 bits per heavy atom. The van der Waals surface area contributed by atoms with E-state index in [9.17, 15) is 5.11 Å². The zero-order chi connectivity index (χ0) is 13.5. The fourth-order valence-electron chi connectivity index (χ4n) is 1.98. The van der Waals surface area contributed by atoms with Gasteiger partial charge in [-0.2, -0.15) is 0 Å². The van der Waals surface area contributed by atoms with E-state index in [-0.39, 0.29) is 0 Å². The van der Waals surface area contributed by atoms with Crippen LogP contribution in [0.3, 0.4) is 0 Å². The van der Waals surface area contributed by atoms with Crippen LogP contribution in [-0.2, 0) is 0 Å². The third-order valence-corrected chi connectivity index (χ3v) is 3.85. The molecule has 0 fully saturated rings. The molecule has 1 rings (SSSR count). The molecule has 0 saturated heterocycles. The molecule has 0 aromatic heterocycles. The predicted molar refractivity (Wildman–Crippen MR) is 81.1 cm³/mol. The Bertz CT molecular complexity index is 373. The van der Waals surface area contributed by atoms with Crippen LogP contribution in [-0.4, -0.2) is 29.6 Å². The molecule has 0 spiro atoms. The molecule has 0 amide bonds. The zero-order valence-corrected chi connectivity index (χ0v) is 13.3. The van der Waals surface area contributed by atoms with Crippen LogP contribution in [0.1, 0.15) is 38.4 Å². The van der Waals surface area contributed by atoms with Gasteiger partial charge in [-0.15, -0.1) is 0 Å². The van der Waals surface area contributed by atoms with Crippen molar-refractivity contribution in [1.82, 2.24) is 4.90 Å². The van der Waals surface area contributed by atoms with Gasteiger partial charge in [0.2, 0.25) is 0 Å². The fourth-order valence-corrected chi connectivity index (χ4v) is 2.78. The van der Waals surface area contributed by atoms with E-state index in [1.807, 2.05) is 18.2 Å². The number of hydrogen-bond acceptors (Lipinski definition) is 2. The second kappa shape index (κ2) is 8.16. The van der Waals surface area contributed by atoms with E-state index in [0.717, 1.165) is 42.5 Å². The number of aliphatic hydroxyl groups excluding tert-OH is 1. The topological polar surface area (TPSA) is 23.5 Å². The van der Waals surface area contributed by atoms with E-state index in [1.165, 1.54) is 0 Å². The van der Waals surface area contributed by atoms with Gasteiger partial charge in [-0.05, 0) is 43.6 Å². The number of hydrogen-bond donors (Lipinski definition) is 1. The van der Waals surface area contributed by atoms with Crippen LogP contribution in [0, 0.1) is 0 Å². The van der Waals surface area contributed by atoms with E-state index in [2.05, 4.69) is 34.7 Å². The van der Waals surface area contributed by atoms with Crippen molar-refractivity contribution in [1.29, 1.82) is 0 Å². The van der Waals surface area contributed by atoms with Crippen molar-refractivity contribution in [3.63, 3.8) is 0 Å². The van der Waals surface area contributed by atoms with Crippen molar-refractivity contribution in [2.75, 3.05) is 19.6 Å². The summed E-state index contributed by atoms with van der Waals surface area (Å²) in [7, 11) is 0. The molecule has 0 heterocycles. The fraction of sp³-hybridized carbons (Fsp3) is 0.571. The Labute approximate surface area is 123 Å². The van der Waals surface area contributed by atoms with Gasteiger partial charge in [-0.3, -0.25) is 0 Å². The van der Waals surface area contributed by atoms with E-state index in [0.29, 0.717) is 5.02 Å². The lowest BCUT2D eigenvalue weighted by molar-refractivity contribution is 0.143. The first-order valence-electron chi connectivity index (χ1n) is 6.43. The monoisotopic (exact) mass is 333 g/mol. The molecule has 1 unspecified atom stereocenters. The summed E-state index contributed by atoms with van der Waals surface area (Å²) in [5.41, 5.74) is 0.812. The normalized spacial score (nSPS) is 13.0. The molecule has 1 aromatic carbocycles. The summed E-state index contributed by atoms with van der Waals surface area (Å²) in [6, 6.07) is 5.62. The van der Waals surface area contributed by atoms with E-state index in [4.69, 9.17) is 11.6 Å². The lowest BCUT2D eigenvalue weighted by Gasteiger charge is -2.21. The summed E-state index contributed by atoms with van der Waals surface area (Å²) in [4.78, 5) is 2.34. The van der Waals surface area contributed by atoms with Crippen LogP contribution in [0.5, 0.6) is 0 Å². The molecule has 0 saturated carbocycles. The molecule has 4 heteroatoms. The molecule has 1 aromatic rings. The van der Waals surface area contributed by atoms with Gasteiger partial charge in [0.15, 0.2) is 0 Å². The summed E-state index contributed by atoms with van der Waals surface area (Å²) in [6.45, 7) is 7.32. The minimum Gasteiger partial charge on any atom is -0.388 e. The van der Waals surface area contributed by atoms with Crippen LogP contribution >= 0.6 is 27.5 Å². The molecule has 18 heavy (non-hydrogen) atoms. The molecule has 0 aliphatic carbocycles. The quantitative estimate of drug-likeness (QED) is 0.805. The summed E-state index contributed by atoms with van der Waals surface area (Å²) in [5.74, 6) is 0. The lowest BCUT2D eigenvalue weighted by Crippen LogP contribution is -2.26. The van der Waals surface area contributed by atoms with Crippen LogP contribution in [0.15, 0.2) is 22.7 Å². The van der Waals surface area contributed by atoms with Gasteiger partial charge in [0.25, 0.3) is 0 Å². The molecule has 0 radical (unpaired) electrons. The Balaban J connectivity index is 2.56. The van der Waals surface area contributed by atoms with E-state index >= 15 is 0 Å². The first kappa shape index (κ1) is 16.0. The summed E-state index contributed by atoms with van der Waals surface area (Å²) < 4.78 is 0.935. The second-order valence-electron chi connectivity index (χ2n) is 4.40. The average Bonchev–Trinajstić information content (AvgIpc) is 2.34. The van der Waals surface area contributed by atoms with Gasteiger partial charge in [0.05, 0.1) is 6.10 Å². The van der Waals surface area contributed by atoms with Gasteiger partial charge in [0.1, 0.15) is 0 Å². The van der Waals surface area contributed by atoms with Crippen molar-refractivity contribution < 1.29 is 5.11 Å². The van der Waals surface area contributed by atoms with Gasteiger partial charge in [-0.1, -0.05) is 47.4 Å². The molecule has 1 atom stereocenters. The maximum atomic E-state index is 10.2. The Kier molecular flexibility index (Phi) is 7.23. The molecule has 1 N–H and O–H groups in total. The van der Waals surface area contributed by atoms with Gasteiger partial charge < -0.3 is 10.0 Å². The Morgan fingerprint density at radius 1 is 1.33 bits per heavy atom. The summed E-state index contributed by atoms with van der Waals surface area (Å²) in [5, 5.41) is 10.8. The van der Waals surface area contributed by atoms with Crippen LogP contribution in [0.25, 0.3) is 0 Å². The van der Waals surface area contributed by atoms with Crippen molar-refractivity contribution in [3.05, 3.63) is 33.3 Å². The standard InChI is InChI=1S/C14H21BrClNO/c1-3-8-17(4-2)9-7-14(18)12-6-5-11(15)10-13(12)16/h5-6,10,14,18H,3-4,7-9H2,1-2H3. The zero-order valence-electron chi connectivity index (χ0n) is 11.0. The van der Waals surface area contributed by atoms with Crippen molar-refractivity contribution in [2.45, 2.75) is 32.8 Å². The Morgan fingerprint density at radius 3 is 2.61 bits per heavy atom. The first-order valence-corrected chi connectivity index (χ1v) is 7.60. The Hall–Kier alpha value is -0.0900. The smallest absolute Gasteiger partial charge is 0.0816 e. The van der Waals surface area contributed by atoms with Crippen molar-refractivity contribution in [2.24, 2.45) is 0 Å². The first-order chi connectivity index (χ1) is 8.58. The third-order valence-electron chi connectivity index (χ3n) is 3.03. The molecule has 0 aliphatic rings. The van der Waals surface area contributed by atoms with Crippen LogP contribution in [0.2, 0.25) is 5.02 Å². The number of halogens is 2. The number of benzene rings is 1. The van der Waals surface area contributed by atoms with Crippen LogP contribution < -0.4 is 0 Å². The van der Waals surface area contributed by atoms with Gasteiger partial charge in [0, 0.05) is 16.0 Å². The highest BCUT2D eigenvalue weighted by Crippen LogP contribution is 2.28. The number of rotatable bonds is 7. The molecular formula is C14H21BrClNO. The predicted octanol–water partition coefficient (Wildman–Crippen LogP) is 4.26. The maximum absolute atomic E-state index is 10.2. The average molecular weight is 335 g/mol. The molecule has 2 nitrogen and oxygen atoms in total. The lowest BCUT2D eigenvalue weighted by atomic mass is 10.1. The minimum atomic E-state index is -0.489. The minimum absolute atomic E-state index is 0.489. The van der Waals surface area contributed by atoms with Crippen LogP contribution in [0.4, 0.5) is 0 Å². The second-order valence-corrected chi connectivity index (χ2v) is 5.73. The SMILES string of the molecule is CCCN(CC)CCC(O)c1ccc(Br)cc1Cl. The highest BCUT2D eigenvalue weighted by Gasteiger charge is 2.13. The third kappa shape index (κ3) is 4.88. The highest BCUT2D eigenvalue weighted by atomic mass is 79.9. The largest absolute Gasteiger partial charge is 0.388 e. The highest BCUT2D eigenvalue weighted by molar-refractivity contribution is 9.10. The summed E-state index contributed by atoms with van der Waals surface area (Å²) >= 11 is 9.50. The number of aliphatic hydroxyl groups is 1. The van der Waals surface area contributed by atoms with Crippen molar-refractivity contribution >= 4 is 27.5 Å². The molecule has 0 aliphatic heterocycles. The van der Waals surface area contributed by atoms with E-state index in [1.54, 1.807) is 0 Å². The van der Waals surface area contributed by atoms with Gasteiger partial charge >= 0.3 is 0 Å². The molecule has 0 bridgehead atoms. The summed E-state index contributed by atoms with van der Waals surface area (Å²) in [6.07, 6.45) is 1.37. The molecular weight excluding hydrogens is 314 g/mol. The maximum Gasteiger partial charge on any atom is 0.0816 e. The van der Waals surface area contributed by atoms with Gasteiger partial charge in [-0.25, -0.2) is 0 Å². The number of nitrogens with zero attached hydrogens (tertiary/aromatic N) is 1. The van der Waals surface area contributed by atoms with E-state index < -0.39 is 6.10 Å².